The van der Waals surface area contributed by atoms with Crippen molar-refractivity contribution < 1.29 is 22.1 Å². The van der Waals surface area contributed by atoms with Gasteiger partial charge in [-0.2, -0.15) is 13.6 Å². The minimum Gasteiger partial charge on any atom is -0.493 e. The Hall–Kier alpha value is -1.57. The van der Waals surface area contributed by atoms with Crippen molar-refractivity contribution in [3.8, 4) is 11.5 Å². The quantitative estimate of drug-likeness (QED) is 0.755. The summed E-state index contributed by atoms with van der Waals surface area (Å²) in [7, 11) is -0.745. The number of aryl methyl sites for hydroxylation is 1. The third-order valence-corrected chi connectivity index (χ3v) is 7.61. The molecule has 154 valence electrons. The van der Waals surface area contributed by atoms with Crippen molar-refractivity contribution in [3.05, 3.63) is 34.9 Å². The molecule has 1 fully saturated rings. The van der Waals surface area contributed by atoms with Gasteiger partial charge in [0.1, 0.15) is 0 Å². The molecule has 4 atom stereocenters. The van der Waals surface area contributed by atoms with Crippen molar-refractivity contribution in [1.82, 2.24) is 0 Å². The second kappa shape index (κ2) is 7.04. The molecule has 0 radical (unpaired) electrons. The molecule has 1 aromatic rings. The fourth-order valence-electron chi connectivity index (χ4n) is 6.01. The van der Waals surface area contributed by atoms with Crippen LogP contribution in [-0.2, 0) is 21.5 Å². The molecule has 1 saturated carbocycles. The predicted octanol–water partition coefficient (Wildman–Crippen LogP) is 3.46. The van der Waals surface area contributed by atoms with Gasteiger partial charge in [0.15, 0.2) is 11.5 Å². The summed E-state index contributed by atoms with van der Waals surface area (Å²) >= 11 is 0. The third kappa shape index (κ3) is 3.04. The van der Waals surface area contributed by atoms with Crippen LogP contribution >= 0.6 is 0 Å². The topological polar surface area (TPSA) is 87.9 Å². The first-order valence-corrected chi connectivity index (χ1v) is 11.5. The molecular formula is C21H29NO5S. The number of rotatable bonds is 5. The summed E-state index contributed by atoms with van der Waals surface area (Å²) in [6, 6.07) is 3.74. The Morgan fingerprint density at radius 1 is 1.18 bits per heavy atom. The lowest BCUT2D eigenvalue weighted by Gasteiger charge is -2.49. The van der Waals surface area contributed by atoms with E-state index in [1.807, 2.05) is 13.2 Å². The normalized spacial score (nSPS) is 31.4. The molecule has 0 aromatic heterocycles. The van der Waals surface area contributed by atoms with Crippen LogP contribution in [0.25, 0.3) is 0 Å². The molecule has 0 amide bonds. The molecule has 2 N–H and O–H groups in total. The summed E-state index contributed by atoms with van der Waals surface area (Å²) < 4.78 is 39.0. The second-order valence-corrected chi connectivity index (χ2v) is 9.35. The van der Waals surface area contributed by atoms with Gasteiger partial charge in [0.2, 0.25) is 0 Å². The van der Waals surface area contributed by atoms with E-state index in [0.717, 1.165) is 44.1 Å². The van der Waals surface area contributed by atoms with E-state index in [9.17, 15) is 8.42 Å². The highest BCUT2D eigenvalue weighted by atomic mass is 32.2. The summed E-state index contributed by atoms with van der Waals surface area (Å²) in [4.78, 5) is 0. The van der Waals surface area contributed by atoms with Crippen LogP contribution in [-0.4, -0.2) is 28.7 Å². The Morgan fingerprint density at radius 3 is 2.61 bits per heavy atom. The van der Waals surface area contributed by atoms with Crippen LogP contribution in [0.1, 0.15) is 56.1 Å². The van der Waals surface area contributed by atoms with Gasteiger partial charge in [-0.1, -0.05) is 18.6 Å². The maximum Gasteiger partial charge on any atom is 0.380 e. The summed E-state index contributed by atoms with van der Waals surface area (Å²) in [5.41, 5.74) is 4.13. The average Bonchev–Trinajstić information content (AvgIpc) is 3.05. The highest BCUT2D eigenvalue weighted by molar-refractivity contribution is 7.84. The van der Waals surface area contributed by atoms with Crippen LogP contribution in [0.2, 0.25) is 0 Å². The van der Waals surface area contributed by atoms with Gasteiger partial charge in [-0.3, -0.25) is 0 Å². The molecule has 0 aliphatic heterocycles. The van der Waals surface area contributed by atoms with Gasteiger partial charge in [0.25, 0.3) is 0 Å². The smallest absolute Gasteiger partial charge is 0.380 e. The third-order valence-electron chi connectivity index (χ3n) is 7.20. The van der Waals surface area contributed by atoms with E-state index in [4.69, 9.17) is 18.8 Å². The molecule has 7 heteroatoms. The van der Waals surface area contributed by atoms with E-state index < -0.39 is 10.3 Å². The lowest BCUT2D eigenvalue weighted by Crippen LogP contribution is -2.42. The van der Waals surface area contributed by atoms with Crippen molar-refractivity contribution >= 4 is 10.3 Å². The molecule has 4 rings (SSSR count). The molecule has 3 aliphatic rings. The van der Waals surface area contributed by atoms with Crippen LogP contribution in [0.4, 0.5) is 0 Å². The standard InChI is InChI=1S/C21H29NO5S/c1-4-21-10-9-14-15(17(21)7-8-20(21)26-3)6-5-13-11-19(27-28(22,23)24)18(25-2)12-16(13)14/h7,11-12,14-15,20H,4-6,8-10H2,1-3H3,(H2,22,23,24)/t14?,15?,20-,21-/m0/s1. The minimum atomic E-state index is -4.09. The Balaban J connectivity index is 1.71. The Labute approximate surface area is 167 Å². The van der Waals surface area contributed by atoms with Gasteiger partial charge in [-0.15, -0.1) is 0 Å². The van der Waals surface area contributed by atoms with E-state index in [-0.39, 0.29) is 17.3 Å². The Kier molecular flexibility index (Phi) is 4.96. The summed E-state index contributed by atoms with van der Waals surface area (Å²) in [5, 5.41) is 5.06. The molecule has 1 aromatic carbocycles. The predicted molar refractivity (Wildman–Crippen MR) is 107 cm³/mol. The van der Waals surface area contributed by atoms with Crippen molar-refractivity contribution in [2.45, 2.75) is 57.5 Å². The molecule has 0 saturated heterocycles. The molecule has 3 aliphatic carbocycles. The van der Waals surface area contributed by atoms with Gasteiger partial charge >= 0.3 is 10.3 Å². The fourth-order valence-corrected chi connectivity index (χ4v) is 6.39. The van der Waals surface area contributed by atoms with E-state index in [0.29, 0.717) is 17.6 Å². The molecule has 0 spiro atoms. The van der Waals surface area contributed by atoms with Crippen molar-refractivity contribution in [1.29, 1.82) is 0 Å². The first-order valence-electron chi connectivity index (χ1n) is 9.99. The molecule has 6 nitrogen and oxygen atoms in total. The first kappa shape index (κ1) is 19.7. The lowest BCUT2D eigenvalue weighted by atomic mass is 9.56. The number of hydrogen-bond donors (Lipinski definition) is 1. The lowest BCUT2D eigenvalue weighted by molar-refractivity contribution is -0.00428. The minimum absolute atomic E-state index is 0.167. The highest BCUT2D eigenvalue weighted by Crippen LogP contribution is 2.61. The first-order chi connectivity index (χ1) is 13.3. The van der Waals surface area contributed by atoms with E-state index in [1.54, 1.807) is 11.6 Å². The van der Waals surface area contributed by atoms with Gasteiger partial charge < -0.3 is 13.7 Å². The number of nitrogens with two attached hydrogens (primary N) is 1. The zero-order chi connectivity index (χ0) is 20.1. The van der Waals surface area contributed by atoms with Crippen molar-refractivity contribution in [3.63, 3.8) is 0 Å². The zero-order valence-corrected chi connectivity index (χ0v) is 17.6. The maximum absolute atomic E-state index is 11.4. The SMILES string of the molecule is CC[C@]12CCC3c4cc(OC)c(OS(N)(=O)=O)cc4CCC3C1=CC[C@@H]2OC. The second-order valence-electron chi connectivity index (χ2n) is 8.20. The molecule has 28 heavy (non-hydrogen) atoms. The van der Waals surface area contributed by atoms with E-state index in [1.165, 1.54) is 12.7 Å². The van der Waals surface area contributed by atoms with Gasteiger partial charge in [-0.25, -0.2) is 0 Å². The zero-order valence-electron chi connectivity index (χ0n) is 16.7. The van der Waals surface area contributed by atoms with Gasteiger partial charge in [0.05, 0.1) is 13.2 Å². The molecule has 2 unspecified atom stereocenters. The van der Waals surface area contributed by atoms with E-state index in [2.05, 4.69) is 13.0 Å². The van der Waals surface area contributed by atoms with Crippen LogP contribution in [0.5, 0.6) is 11.5 Å². The number of hydrogen-bond acceptors (Lipinski definition) is 5. The average molecular weight is 408 g/mol. The number of methoxy groups -OCH3 is 2. The molecular weight excluding hydrogens is 378 g/mol. The Bertz CT molecular complexity index is 910. The summed E-state index contributed by atoms with van der Waals surface area (Å²) in [5.74, 6) is 1.51. The van der Waals surface area contributed by atoms with Crippen LogP contribution < -0.4 is 14.1 Å². The molecule has 0 bridgehead atoms. The monoisotopic (exact) mass is 407 g/mol. The Morgan fingerprint density at radius 2 is 1.96 bits per heavy atom. The van der Waals surface area contributed by atoms with Crippen molar-refractivity contribution in [2.75, 3.05) is 14.2 Å². The fraction of sp³-hybridized carbons (Fsp3) is 0.619. The number of fused-ring (bicyclic) bond motifs is 5. The van der Waals surface area contributed by atoms with E-state index >= 15 is 0 Å². The largest absolute Gasteiger partial charge is 0.493 e. The summed E-state index contributed by atoms with van der Waals surface area (Å²) in [6.07, 6.45) is 8.98. The van der Waals surface area contributed by atoms with Crippen LogP contribution in [0, 0.1) is 11.3 Å². The number of benzene rings is 1. The summed E-state index contributed by atoms with van der Waals surface area (Å²) in [6.45, 7) is 2.28. The highest BCUT2D eigenvalue weighted by Gasteiger charge is 2.52. The number of ether oxygens (including phenoxy) is 2. The van der Waals surface area contributed by atoms with Crippen LogP contribution in [0.3, 0.4) is 0 Å². The molecule has 0 heterocycles. The maximum atomic E-state index is 11.4. The van der Waals surface area contributed by atoms with Crippen LogP contribution in [0.15, 0.2) is 23.8 Å². The van der Waals surface area contributed by atoms with Gasteiger partial charge in [-0.05, 0) is 73.6 Å². The van der Waals surface area contributed by atoms with Gasteiger partial charge in [0, 0.05) is 12.5 Å². The van der Waals surface area contributed by atoms with Crippen molar-refractivity contribution in [2.24, 2.45) is 16.5 Å².